The summed E-state index contributed by atoms with van der Waals surface area (Å²) in [5, 5.41) is 5.69. The number of hydrogen-bond acceptors (Lipinski definition) is 4. The van der Waals surface area contributed by atoms with Gasteiger partial charge < -0.3 is 5.32 Å². The molecule has 2 atom stereocenters. The van der Waals surface area contributed by atoms with Gasteiger partial charge >= 0.3 is 0 Å². The summed E-state index contributed by atoms with van der Waals surface area (Å²) in [5.41, 5.74) is -0.565. The topological polar surface area (TPSA) is 58.2 Å². The number of hydrogen-bond donors (Lipinski definition) is 2. The summed E-state index contributed by atoms with van der Waals surface area (Å²) in [6.45, 7) is 6.53. The number of rotatable bonds is 5. The van der Waals surface area contributed by atoms with Crippen LogP contribution in [0.4, 0.5) is 8.78 Å². The summed E-state index contributed by atoms with van der Waals surface area (Å²) in [6.07, 6.45) is 0.161. The van der Waals surface area contributed by atoms with Crippen molar-refractivity contribution in [1.29, 1.82) is 0 Å². The second-order valence-corrected chi connectivity index (χ2v) is 9.36. The van der Waals surface area contributed by atoms with Crippen molar-refractivity contribution in [3.05, 3.63) is 29.8 Å². The van der Waals surface area contributed by atoms with Crippen LogP contribution >= 0.6 is 0 Å². The van der Waals surface area contributed by atoms with Gasteiger partial charge in [0.05, 0.1) is 4.90 Å². The first kappa shape index (κ1) is 19.3. The van der Waals surface area contributed by atoms with E-state index in [2.05, 4.69) is 10.6 Å². The van der Waals surface area contributed by atoms with Crippen molar-refractivity contribution < 1.29 is 17.2 Å². The van der Waals surface area contributed by atoms with Crippen LogP contribution in [0.5, 0.6) is 0 Å². The van der Waals surface area contributed by atoms with Gasteiger partial charge in [0.25, 0.3) is 6.43 Å². The molecule has 0 amide bonds. The van der Waals surface area contributed by atoms with E-state index in [9.17, 15) is 17.2 Å². The molecule has 7 heteroatoms. The summed E-state index contributed by atoms with van der Waals surface area (Å²) in [5.74, 6) is 0. The van der Waals surface area contributed by atoms with Gasteiger partial charge in [-0.25, -0.2) is 17.2 Å². The Labute approximate surface area is 142 Å². The third-order valence-electron chi connectivity index (χ3n) is 4.08. The van der Waals surface area contributed by atoms with Crippen molar-refractivity contribution in [1.82, 2.24) is 10.6 Å². The Kier molecular flexibility index (Phi) is 5.99. The number of piperidine rings is 1. The van der Waals surface area contributed by atoms with E-state index in [-0.39, 0.29) is 22.0 Å². The zero-order valence-electron chi connectivity index (χ0n) is 14.4. The van der Waals surface area contributed by atoms with Gasteiger partial charge in [-0.15, -0.1) is 0 Å². The molecule has 0 aliphatic carbocycles. The molecule has 2 rings (SSSR count). The van der Waals surface area contributed by atoms with Gasteiger partial charge in [-0.1, -0.05) is 18.6 Å². The minimum absolute atomic E-state index is 0.0704. The predicted molar refractivity (Wildman–Crippen MR) is 90.9 cm³/mol. The molecule has 1 saturated heterocycles. The van der Waals surface area contributed by atoms with Gasteiger partial charge in [0.2, 0.25) is 0 Å². The third-order valence-corrected chi connectivity index (χ3v) is 6.13. The van der Waals surface area contributed by atoms with Crippen molar-refractivity contribution in [3.63, 3.8) is 0 Å². The monoisotopic (exact) mass is 360 g/mol. The Morgan fingerprint density at radius 3 is 2.25 bits per heavy atom. The van der Waals surface area contributed by atoms with Crippen molar-refractivity contribution >= 4 is 9.84 Å². The zero-order chi connectivity index (χ0) is 18.0. The van der Waals surface area contributed by atoms with Crippen LogP contribution in [0, 0.1) is 0 Å². The molecule has 0 aromatic heterocycles. The smallest absolute Gasteiger partial charge is 0.263 e. The van der Waals surface area contributed by atoms with Crippen LogP contribution in [0.15, 0.2) is 29.2 Å². The lowest BCUT2D eigenvalue weighted by Gasteiger charge is -2.36. The second kappa shape index (κ2) is 7.45. The van der Waals surface area contributed by atoms with Crippen LogP contribution in [-0.2, 0) is 9.84 Å². The maximum atomic E-state index is 13.1. The quantitative estimate of drug-likeness (QED) is 0.846. The lowest BCUT2D eigenvalue weighted by atomic mass is 10.0. The summed E-state index contributed by atoms with van der Waals surface area (Å²) >= 11 is 0. The maximum Gasteiger partial charge on any atom is 0.263 e. The Morgan fingerprint density at radius 2 is 1.79 bits per heavy atom. The largest absolute Gasteiger partial charge is 0.311 e. The molecule has 1 aliphatic heterocycles. The molecule has 0 spiro atoms. The highest BCUT2D eigenvalue weighted by Gasteiger charge is 2.37. The molecule has 1 aromatic carbocycles. The van der Waals surface area contributed by atoms with E-state index in [1.165, 1.54) is 24.3 Å². The molecule has 1 aromatic rings. The average Bonchev–Trinajstić information content (AvgIpc) is 2.52. The Bertz CT molecular complexity index is 634. The van der Waals surface area contributed by atoms with Gasteiger partial charge in [-0.3, -0.25) is 5.32 Å². The SMILES string of the molecule is CC(C)(C)NC(C1CCCCN1)S(=O)(=O)c1ccc(C(F)F)cc1. The molecule has 1 fully saturated rings. The molecule has 1 aliphatic rings. The van der Waals surface area contributed by atoms with Gasteiger partial charge in [-0.2, -0.15) is 0 Å². The van der Waals surface area contributed by atoms with Gasteiger partial charge in [0.15, 0.2) is 9.84 Å². The van der Waals surface area contributed by atoms with E-state index in [4.69, 9.17) is 0 Å². The van der Waals surface area contributed by atoms with Crippen LogP contribution in [0.2, 0.25) is 0 Å². The Balaban J connectivity index is 2.34. The lowest BCUT2D eigenvalue weighted by Crippen LogP contribution is -2.58. The Morgan fingerprint density at radius 1 is 1.17 bits per heavy atom. The van der Waals surface area contributed by atoms with Crippen LogP contribution in [0.3, 0.4) is 0 Å². The highest BCUT2D eigenvalue weighted by atomic mass is 32.2. The molecule has 0 bridgehead atoms. The van der Waals surface area contributed by atoms with E-state index >= 15 is 0 Å². The third kappa shape index (κ3) is 4.74. The van der Waals surface area contributed by atoms with E-state index in [0.717, 1.165) is 25.8 Å². The number of halogens is 2. The van der Waals surface area contributed by atoms with Crippen LogP contribution < -0.4 is 10.6 Å². The van der Waals surface area contributed by atoms with Crippen molar-refractivity contribution in [2.24, 2.45) is 0 Å². The summed E-state index contributed by atoms with van der Waals surface area (Å²) in [4.78, 5) is 0.0704. The lowest BCUT2D eigenvalue weighted by molar-refractivity contribution is 0.151. The predicted octanol–water partition coefficient (Wildman–Crippen LogP) is 3.25. The zero-order valence-corrected chi connectivity index (χ0v) is 15.2. The van der Waals surface area contributed by atoms with E-state index in [1.54, 1.807) is 0 Å². The number of sulfone groups is 1. The molecule has 4 nitrogen and oxygen atoms in total. The van der Waals surface area contributed by atoms with E-state index < -0.39 is 21.6 Å². The minimum Gasteiger partial charge on any atom is -0.311 e. The molecule has 2 N–H and O–H groups in total. The highest BCUT2D eigenvalue weighted by Crippen LogP contribution is 2.25. The minimum atomic E-state index is -3.69. The maximum absolute atomic E-state index is 13.1. The molecular weight excluding hydrogens is 334 g/mol. The van der Waals surface area contributed by atoms with Gasteiger partial charge in [0.1, 0.15) is 5.37 Å². The average molecular weight is 360 g/mol. The molecule has 0 saturated carbocycles. The first-order valence-corrected chi connectivity index (χ1v) is 9.79. The van der Waals surface area contributed by atoms with Crippen molar-refractivity contribution in [2.75, 3.05) is 6.54 Å². The molecule has 24 heavy (non-hydrogen) atoms. The van der Waals surface area contributed by atoms with Crippen molar-refractivity contribution in [2.45, 2.75) is 68.3 Å². The number of nitrogens with one attached hydrogen (secondary N) is 2. The van der Waals surface area contributed by atoms with E-state index in [1.807, 2.05) is 20.8 Å². The van der Waals surface area contributed by atoms with Crippen molar-refractivity contribution in [3.8, 4) is 0 Å². The molecular formula is C17H26F2N2O2S. The van der Waals surface area contributed by atoms with Gasteiger partial charge in [-0.05, 0) is 52.3 Å². The number of alkyl halides is 2. The van der Waals surface area contributed by atoms with Crippen LogP contribution in [0.1, 0.15) is 52.0 Å². The Hall–Kier alpha value is -1.05. The number of benzene rings is 1. The normalized spacial score (nSPS) is 21.0. The molecule has 2 unspecified atom stereocenters. The van der Waals surface area contributed by atoms with E-state index in [0.29, 0.717) is 0 Å². The fourth-order valence-corrected chi connectivity index (χ4v) is 4.89. The summed E-state index contributed by atoms with van der Waals surface area (Å²) < 4.78 is 51.6. The molecule has 1 heterocycles. The van der Waals surface area contributed by atoms with Gasteiger partial charge in [0, 0.05) is 17.1 Å². The molecule has 136 valence electrons. The fraction of sp³-hybridized carbons (Fsp3) is 0.647. The second-order valence-electron chi connectivity index (χ2n) is 7.29. The fourth-order valence-electron chi connectivity index (χ4n) is 2.91. The van der Waals surface area contributed by atoms with Crippen LogP contribution in [-0.4, -0.2) is 31.9 Å². The standard InChI is InChI=1S/C17H26F2N2O2S/c1-17(2,3)21-16(14-6-4-5-11-20-14)24(22,23)13-9-7-12(8-10-13)15(18)19/h7-10,14-16,20-21H,4-6,11H2,1-3H3. The first-order chi connectivity index (χ1) is 11.1. The first-order valence-electron chi connectivity index (χ1n) is 8.24. The molecule has 0 radical (unpaired) electrons. The van der Waals surface area contributed by atoms with Crippen LogP contribution in [0.25, 0.3) is 0 Å². The summed E-state index contributed by atoms with van der Waals surface area (Å²) in [7, 11) is -3.69. The summed E-state index contributed by atoms with van der Waals surface area (Å²) in [6, 6.07) is 4.71. The highest BCUT2D eigenvalue weighted by molar-refractivity contribution is 7.92.